The van der Waals surface area contributed by atoms with Crippen LogP contribution in [0.5, 0.6) is 0 Å². The number of nitriles is 1. The van der Waals surface area contributed by atoms with Gasteiger partial charge in [0.1, 0.15) is 6.61 Å². The Morgan fingerprint density at radius 1 is 1.14 bits per heavy atom. The van der Waals surface area contributed by atoms with Gasteiger partial charge >= 0.3 is 5.97 Å². The van der Waals surface area contributed by atoms with Crippen molar-refractivity contribution < 1.29 is 19.0 Å². The lowest BCUT2D eigenvalue weighted by atomic mass is 10.2. The SMILES string of the molecule is CCOCCOCCOC(=O)CSCc1ccc(C#N)cc1. The minimum atomic E-state index is -0.243. The molecule has 0 aliphatic carbocycles. The van der Waals surface area contributed by atoms with E-state index in [-0.39, 0.29) is 12.6 Å². The highest BCUT2D eigenvalue weighted by atomic mass is 32.2. The van der Waals surface area contributed by atoms with Crippen molar-refractivity contribution in [2.24, 2.45) is 0 Å². The van der Waals surface area contributed by atoms with Gasteiger partial charge in [-0.3, -0.25) is 4.79 Å². The van der Waals surface area contributed by atoms with E-state index in [1.54, 1.807) is 12.1 Å². The maximum Gasteiger partial charge on any atom is 0.315 e. The summed E-state index contributed by atoms with van der Waals surface area (Å²) in [5.41, 5.74) is 1.72. The Labute approximate surface area is 135 Å². The van der Waals surface area contributed by atoms with Crippen molar-refractivity contribution in [2.45, 2.75) is 12.7 Å². The van der Waals surface area contributed by atoms with Crippen LogP contribution in [0.1, 0.15) is 18.1 Å². The van der Waals surface area contributed by atoms with Crippen LogP contribution < -0.4 is 0 Å². The molecule has 0 amide bonds. The molecule has 0 unspecified atom stereocenters. The van der Waals surface area contributed by atoms with Crippen molar-refractivity contribution in [1.29, 1.82) is 5.26 Å². The first kappa shape index (κ1) is 18.5. The van der Waals surface area contributed by atoms with Gasteiger partial charge in [-0.05, 0) is 24.6 Å². The normalized spacial score (nSPS) is 10.2. The van der Waals surface area contributed by atoms with E-state index in [1.807, 2.05) is 19.1 Å². The third-order valence-corrected chi connectivity index (χ3v) is 3.62. The van der Waals surface area contributed by atoms with Gasteiger partial charge in [0.25, 0.3) is 0 Å². The van der Waals surface area contributed by atoms with Gasteiger partial charge in [-0.15, -0.1) is 11.8 Å². The molecule has 22 heavy (non-hydrogen) atoms. The zero-order chi connectivity index (χ0) is 16.0. The maximum absolute atomic E-state index is 11.5. The fourth-order valence-electron chi connectivity index (χ4n) is 1.55. The summed E-state index contributed by atoms with van der Waals surface area (Å²) in [4.78, 5) is 11.5. The van der Waals surface area contributed by atoms with Crippen molar-refractivity contribution in [2.75, 3.05) is 38.8 Å². The van der Waals surface area contributed by atoms with Crippen LogP contribution in [0.25, 0.3) is 0 Å². The van der Waals surface area contributed by atoms with Gasteiger partial charge < -0.3 is 14.2 Å². The molecule has 5 nitrogen and oxygen atoms in total. The summed E-state index contributed by atoms with van der Waals surface area (Å²) in [7, 11) is 0. The van der Waals surface area contributed by atoms with E-state index >= 15 is 0 Å². The highest BCUT2D eigenvalue weighted by Crippen LogP contribution is 2.13. The van der Waals surface area contributed by atoms with Crippen LogP contribution in [-0.4, -0.2) is 44.8 Å². The van der Waals surface area contributed by atoms with E-state index in [0.29, 0.717) is 43.5 Å². The number of benzene rings is 1. The summed E-state index contributed by atoms with van der Waals surface area (Å²) >= 11 is 1.48. The molecule has 0 bridgehead atoms. The van der Waals surface area contributed by atoms with Gasteiger partial charge in [0.2, 0.25) is 0 Å². The van der Waals surface area contributed by atoms with Gasteiger partial charge in [-0.2, -0.15) is 5.26 Å². The average Bonchev–Trinajstić information content (AvgIpc) is 2.54. The molecule has 0 aromatic heterocycles. The highest BCUT2D eigenvalue weighted by molar-refractivity contribution is 7.99. The number of nitrogens with zero attached hydrogens (tertiary/aromatic N) is 1. The molecule has 0 fully saturated rings. The third kappa shape index (κ3) is 8.67. The van der Waals surface area contributed by atoms with E-state index < -0.39 is 0 Å². The van der Waals surface area contributed by atoms with E-state index in [2.05, 4.69) is 6.07 Å². The third-order valence-electron chi connectivity index (χ3n) is 2.64. The van der Waals surface area contributed by atoms with Crippen LogP contribution >= 0.6 is 11.8 Å². The van der Waals surface area contributed by atoms with Crippen molar-refractivity contribution in [3.63, 3.8) is 0 Å². The first-order chi connectivity index (χ1) is 10.8. The molecule has 6 heteroatoms. The molecule has 0 aliphatic rings. The average molecular weight is 323 g/mol. The molecule has 0 saturated heterocycles. The fraction of sp³-hybridized carbons (Fsp3) is 0.500. The summed E-state index contributed by atoms with van der Waals surface area (Å²) in [5, 5.41) is 8.71. The van der Waals surface area contributed by atoms with Gasteiger partial charge in [0, 0.05) is 12.4 Å². The molecular formula is C16H21NO4S. The molecular weight excluding hydrogens is 302 g/mol. The summed E-state index contributed by atoms with van der Waals surface area (Å²) < 4.78 is 15.4. The number of thioether (sulfide) groups is 1. The summed E-state index contributed by atoms with van der Waals surface area (Å²) in [5.74, 6) is 0.775. The number of hydrogen-bond donors (Lipinski definition) is 0. The fourth-order valence-corrected chi connectivity index (χ4v) is 2.33. The van der Waals surface area contributed by atoms with Crippen molar-refractivity contribution >= 4 is 17.7 Å². The second-order valence-electron chi connectivity index (χ2n) is 4.33. The molecule has 0 saturated carbocycles. The van der Waals surface area contributed by atoms with Crippen LogP contribution in [-0.2, 0) is 24.8 Å². The number of carbonyl (C=O) groups excluding carboxylic acids is 1. The Balaban J connectivity index is 2.02. The number of carbonyl (C=O) groups is 1. The Kier molecular flexibility index (Phi) is 10.1. The van der Waals surface area contributed by atoms with Crippen molar-refractivity contribution in [3.8, 4) is 6.07 Å². The smallest absolute Gasteiger partial charge is 0.315 e. The Morgan fingerprint density at radius 2 is 1.82 bits per heavy atom. The lowest BCUT2D eigenvalue weighted by Crippen LogP contribution is -2.14. The summed E-state index contributed by atoms with van der Waals surface area (Å²) in [6, 6.07) is 9.40. The van der Waals surface area contributed by atoms with Gasteiger partial charge in [-0.1, -0.05) is 12.1 Å². The molecule has 1 rings (SSSR count). The molecule has 1 aromatic carbocycles. The second-order valence-corrected chi connectivity index (χ2v) is 5.32. The number of hydrogen-bond acceptors (Lipinski definition) is 6. The zero-order valence-electron chi connectivity index (χ0n) is 12.7. The van der Waals surface area contributed by atoms with Crippen LogP contribution in [0.2, 0.25) is 0 Å². The highest BCUT2D eigenvalue weighted by Gasteiger charge is 2.03. The molecule has 1 aromatic rings. The van der Waals surface area contributed by atoms with E-state index in [0.717, 1.165) is 5.56 Å². The quantitative estimate of drug-likeness (QED) is 0.460. The molecule has 120 valence electrons. The monoisotopic (exact) mass is 323 g/mol. The maximum atomic E-state index is 11.5. The molecule has 0 heterocycles. The zero-order valence-corrected chi connectivity index (χ0v) is 13.6. The molecule has 0 radical (unpaired) electrons. The van der Waals surface area contributed by atoms with E-state index in [4.69, 9.17) is 19.5 Å². The molecule has 0 aliphatic heterocycles. The second kappa shape index (κ2) is 12.0. The summed E-state index contributed by atoms with van der Waals surface area (Å²) in [6.45, 7) is 4.33. The van der Waals surface area contributed by atoms with Crippen molar-refractivity contribution in [3.05, 3.63) is 35.4 Å². The minimum absolute atomic E-state index is 0.243. The lowest BCUT2D eigenvalue weighted by molar-refractivity contribution is -0.142. The van der Waals surface area contributed by atoms with E-state index in [1.165, 1.54) is 11.8 Å². The van der Waals surface area contributed by atoms with Gasteiger partial charge in [0.15, 0.2) is 0 Å². The van der Waals surface area contributed by atoms with Crippen LogP contribution in [0.3, 0.4) is 0 Å². The van der Waals surface area contributed by atoms with E-state index in [9.17, 15) is 4.79 Å². The number of ether oxygens (including phenoxy) is 3. The molecule has 0 spiro atoms. The van der Waals surface area contributed by atoms with Crippen LogP contribution in [0, 0.1) is 11.3 Å². The summed E-state index contributed by atoms with van der Waals surface area (Å²) in [6.07, 6.45) is 0. The first-order valence-corrected chi connectivity index (χ1v) is 8.29. The number of esters is 1. The van der Waals surface area contributed by atoms with Crippen LogP contribution in [0.4, 0.5) is 0 Å². The van der Waals surface area contributed by atoms with Gasteiger partial charge in [-0.25, -0.2) is 0 Å². The topological polar surface area (TPSA) is 68.6 Å². The predicted molar refractivity (Wildman–Crippen MR) is 85.6 cm³/mol. The lowest BCUT2D eigenvalue weighted by Gasteiger charge is -2.06. The minimum Gasteiger partial charge on any atom is -0.463 e. The predicted octanol–water partition coefficient (Wildman–Crippen LogP) is 2.39. The largest absolute Gasteiger partial charge is 0.463 e. The van der Waals surface area contributed by atoms with Crippen molar-refractivity contribution in [1.82, 2.24) is 0 Å². The van der Waals surface area contributed by atoms with Crippen LogP contribution in [0.15, 0.2) is 24.3 Å². The Bertz CT molecular complexity index is 470. The Hall–Kier alpha value is -1.55. The first-order valence-electron chi connectivity index (χ1n) is 7.14. The van der Waals surface area contributed by atoms with Gasteiger partial charge in [0.05, 0.1) is 37.2 Å². The Morgan fingerprint density at radius 3 is 2.50 bits per heavy atom. The standard InChI is InChI=1S/C16H21NO4S/c1-2-19-7-8-20-9-10-21-16(18)13-22-12-15-5-3-14(11-17)4-6-15/h3-6H,2,7-10,12-13H2,1H3. The molecule has 0 atom stereocenters. The number of rotatable bonds is 11. The molecule has 0 N–H and O–H groups in total.